The Morgan fingerprint density at radius 2 is 1.57 bits per heavy atom. The van der Waals surface area contributed by atoms with Crippen LogP contribution in [-0.2, 0) is 9.53 Å². The van der Waals surface area contributed by atoms with E-state index in [-0.39, 0.29) is 39.3 Å². The lowest BCUT2D eigenvalue weighted by atomic mass is 9.82. The third kappa shape index (κ3) is 4.09. The van der Waals surface area contributed by atoms with Crippen molar-refractivity contribution in [3.63, 3.8) is 0 Å². The van der Waals surface area contributed by atoms with Crippen molar-refractivity contribution in [1.82, 2.24) is 4.98 Å². The number of nitrogen functional groups attached to an aromatic ring is 1. The first kappa shape index (κ1) is 22.2. The predicted molar refractivity (Wildman–Crippen MR) is 131 cm³/mol. The van der Waals surface area contributed by atoms with Gasteiger partial charge in [0.05, 0.1) is 22.5 Å². The Balaban J connectivity index is 1.28. The summed E-state index contributed by atoms with van der Waals surface area (Å²) in [5.41, 5.74) is 8.08. The Bertz CT molecular complexity index is 1510. The van der Waals surface area contributed by atoms with E-state index in [9.17, 15) is 19.2 Å². The van der Waals surface area contributed by atoms with Gasteiger partial charge in [0.1, 0.15) is 0 Å². The van der Waals surface area contributed by atoms with E-state index in [2.05, 4.69) is 10.3 Å². The number of rotatable bonds is 5. The van der Waals surface area contributed by atoms with Crippen LogP contribution in [0.1, 0.15) is 42.2 Å². The molecule has 9 heteroatoms. The largest absolute Gasteiger partial charge is 0.452 e. The number of thiazole rings is 1. The summed E-state index contributed by atoms with van der Waals surface area (Å²) in [6.45, 7) is -0.578. The van der Waals surface area contributed by atoms with Crippen LogP contribution in [0.4, 0.5) is 10.8 Å². The van der Waals surface area contributed by atoms with Gasteiger partial charge in [-0.1, -0.05) is 54.6 Å². The fourth-order valence-corrected chi connectivity index (χ4v) is 4.56. The van der Waals surface area contributed by atoms with Crippen molar-refractivity contribution in [3.05, 3.63) is 99.9 Å². The molecule has 1 heterocycles. The van der Waals surface area contributed by atoms with Crippen LogP contribution in [0.2, 0.25) is 0 Å². The molecule has 0 aliphatic heterocycles. The summed E-state index contributed by atoms with van der Waals surface area (Å²) in [6.07, 6.45) is 0. The van der Waals surface area contributed by atoms with Crippen molar-refractivity contribution in [2.24, 2.45) is 0 Å². The summed E-state index contributed by atoms with van der Waals surface area (Å²) in [4.78, 5) is 55.0. The molecule has 1 amide bonds. The van der Waals surface area contributed by atoms with Gasteiger partial charge in [0.15, 0.2) is 23.3 Å². The minimum atomic E-state index is -0.885. The second-order valence-corrected chi connectivity index (χ2v) is 8.54. The number of nitrogens with one attached hydrogen (secondary N) is 1. The fraction of sp³-hybridized carbons (Fsp3) is 0.0385. The van der Waals surface area contributed by atoms with E-state index in [1.165, 1.54) is 29.5 Å². The maximum absolute atomic E-state index is 13.0. The number of ketones is 2. The number of nitrogens with zero attached hydrogens (tertiary/aromatic N) is 1. The summed E-state index contributed by atoms with van der Waals surface area (Å²) in [7, 11) is 0. The summed E-state index contributed by atoms with van der Waals surface area (Å²) in [5.74, 6) is -2.26. The van der Waals surface area contributed by atoms with Gasteiger partial charge >= 0.3 is 5.97 Å². The topological polar surface area (TPSA) is 128 Å². The summed E-state index contributed by atoms with van der Waals surface area (Å²) in [6, 6.07) is 18.6. The molecule has 0 radical (unpaired) electrons. The van der Waals surface area contributed by atoms with E-state index >= 15 is 0 Å². The number of amides is 1. The number of anilines is 2. The lowest BCUT2D eigenvalue weighted by Gasteiger charge is -2.20. The summed E-state index contributed by atoms with van der Waals surface area (Å²) in [5, 5.41) is 4.76. The second-order valence-electron chi connectivity index (χ2n) is 7.68. The molecule has 0 atom stereocenters. The molecular formula is C26H17N3O5S. The number of esters is 1. The number of carbonyl (C=O) groups excluding carboxylic acids is 4. The first-order valence-electron chi connectivity index (χ1n) is 10.5. The van der Waals surface area contributed by atoms with Gasteiger partial charge in [-0.3, -0.25) is 19.7 Å². The van der Waals surface area contributed by atoms with Crippen LogP contribution in [0.15, 0.2) is 72.1 Å². The maximum atomic E-state index is 13.0. The van der Waals surface area contributed by atoms with Crippen molar-refractivity contribution in [3.8, 4) is 11.3 Å². The van der Waals surface area contributed by atoms with Crippen molar-refractivity contribution >= 4 is 45.6 Å². The van der Waals surface area contributed by atoms with Gasteiger partial charge in [-0.05, 0) is 12.1 Å². The van der Waals surface area contributed by atoms with Gasteiger partial charge in [0.25, 0.3) is 5.91 Å². The highest BCUT2D eigenvalue weighted by molar-refractivity contribution is 7.14. The zero-order chi connectivity index (χ0) is 24.5. The van der Waals surface area contributed by atoms with Crippen molar-refractivity contribution in [1.29, 1.82) is 0 Å². The predicted octanol–water partition coefficient (Wildman–Crippen LogP) is 3.96. The van der Waals surface area contributed by atoms with Crippen LogP contribution in [0, 0.1) is 0 Å². The third-order valence-corrected chi connectivity index (χ3v) is 6.27. The van der Waals surface area contributed by atoms with E-state index < -0.39 is 24.3 Å². The standard InChI is InChI=1S/C26H17N3O5S/c27-22-18(11-10-17-21(22)24(32)16-9-5-4-8-15(16)23(17)31)25(33)34-12-20(30)29-26-28-19(13-35-26)14-6-2-1-3-7-14/h1-11,13H,12,27H2,(H,28,29,30). The Labute approximate surface area is 203 Å². The molecule has 0 fully saturated rings. The number of carbonyl (C=O) groups is 4. The van der Waals surface area contributed by atoms with E-state index in [1.807, 2.05) is 30.3 Å². The molecule has 172 valence electrons. The van der Waals surface area contributed by atoms with Crippen LogP contribution in [0.3, 0.4) is 0 Å². The second kappa shape index (κ2) is 8.96. The van der Waals surface area contributed by atoms with E-state index in [1.54, 1.807) is 23.6 Å². The van der Waals surface area contributed by atoms with Crippen LogP contribution >= 0.6 is 11.3 Å². The van der Waals surface area contributed by atoms with E-state index in [0.717, 1.165) is 5.56 Å². The quantitative estimate of drug-likeness (QED) is 0.286. The van der Waals surface area contributed by atoms with Crippen molar-refractivity contribution in [2.75, 3.05) is 17.7 Å². The molecule has 0 bridgehead atoms. The lowest BCUT2D eigenvalue weighted by Crippen LogP contribution is -2.25. The number of benzene rings is 3. The average molecular weight is 484 g/mol. The number of hydrogen-bond donors (Lipinski definition) is 2. The Morgan fingerprint density at radius 1 is 0.886 bits per heavy atom. The van der Waals surface area contributed by atoms with Crippen LogP contribution < -0.4 is 11.1 Å². The minimum Gasteiger partial charge on any atom is -0.452 e. The van der Waals surface area contributed by atoms with Gasteiger partial charge in [0, 0.05) is 27.6 Å². The number of aromatic nitrogens is 1. The molecule has 4 aromatic rings. The van der Waals surface area contributed by atoms with Crippen LogP contribution in [0.5, 0.6) is 0 Å². The molecule has 1 aliphatic carbocycles. The first-order valence-corrected chi connectivity index (χ1v) is 11.4. The highest BCUT2D eigenvalue weighted by atomic mass is 32.1. The molecule has 0 saturated heterocycles. The van der Waals surface area contributed by atoms with Crippen LogP contribution in [-0.4, -0.2) is 35.0 Å². The van der Waals surface area contributed by atoms with Crippen molar-refractivity contribution < 1.29 is 23.9 Å². The number of ether oxygens (including phenoxy) is 1. The molecule has 0 spiro atoms. The van der Waals surface area contributed by atoms with E-state index in [0.29, 0.717) is 10.8 Å². The van der Waals surface area contributed by atoms with Crippen LogP contribution in [0.25, 0.3) is 11.3 Å². The van der Waals surface area contributed by atoms with E-state index in [4.69, 9.17) is 10.5 Å². The Morgan fingerprint density at radius 3 is 2.31 bits per heavy atom. The summed E-state index contributed by atoms with van der Waals surface area (Å²) >= 11 is 1.24. The molecule has 0 unspecified atom stereocenters. The smallest absolute Gasteiger partial charge is 0.340 e. The molecule has 8 nitrogen and oxygen atoms in total. The molecule has 3 aromatic carbocycles. The highest BCUT2D eigenvalue weighted by Crippen LogP contribution is 2.33. The zero-order valence-electron chi connectivity index (χ0n) is 18.1. The van der Waals surface area contributed by atoms with Gasteiger partial charge in [-0.25, -0.2) is 9.78 Å². The first-order chi connectivity index (χ1) is 16.9. The SMILES string of the molecule is Nc1c(C(=O)OCC(=O)Nc2nc(-c3ccccc3)cs2)ccc2c1C(=O)c1ccccc1C2=O. The minimum absolute atomic E-state index is 0.0381. The third-order valence-electron chi connectivity index (χ3n) is 5.51. The maximum Gasteiger partial charge on any atom is 0.340 e. The molecule has 35 heavy (non-hydrogen) atoms. The normalized spacial score (nSPS) is 12.0. The zero-order valence-corrected chi connectivity index (χ0v) is 18.9. The molecular weight excluding hydrogens is 466 g/mol. The molecule has 0 saturated carbocycles. The van der Waals surface area contributed by atoms with Gasteiger partial charge in [-0.2, -0.15) is 0 Å². The average Bonchev–Trinajstić information content (AvgIpc) is 3.34. The summed E-state index contributed by atoms with van der Waals surface area (Å²) < 4.78 is 5.11. The van der Waals surface area contributed by atoms with Gasteiger partial charge in [-0.15, -0.1) is 11.3 Å². The van der Waals surface area contributed by atoms with Crippen molar-refractivity contribution in [2.45, 2.75) is 0 Å². The fourth-order valence-electron chi connectivity index (χ4n) is 3.83. The molecule has 3 N–H and O–H groups in total. The lowest BCUT2D eigenvalue weighted by molar-refractivity contribution is -0.119. The Kier molecular flexibility index (Phi) is 5.68. The van der Waals surface area contributed by atoms with Gasteiger partial charge < -0.3 is 10.5 Å². The number of hydrogen-bond acceptors (Lipinski definition) is 8. The number of nitrogens with two attached hydrogens (primary N) is 1. The molecule has 1 aliphatic rings. The number of fused-ring (bicyclic) bond motifs is 2. The van der Waals surface area contributed by atoms with Gasteiger partial charge in [0.2, 0.25) is 0 Å². The monoisotopic (exact) mass is 483 g/mol. The molecule has 1 aromatic heterocycles. The highest BCUT2D eigenvalue weighted by Gasteiger charge is 2.33. The molecule has 5 rings (SSSR count). The Hall–Kier alpha value is -4.63.